The lowest BCUT2D eigenvalue weighted by Gasteiger charge is -2.26. The fourth-order valence-corrected chi connectivity index (χ4v) is 3.07. The summed E-state index contributed by atoms with van der Waals surface area (Å²) in [5.74, 6) is -0.0185. The summed E-state index contributed by atoms with van der Waals surface area (Å²) in [5.41, 5.74) is 0.658. The van der Waals surface area contributed by atoms with Gasteiger partial charge in [-0.2, -0.15) is 0 Å². The summed E-state index contributed by atoms with van der Waals surface area (Å²) < 4.78 is 0.945. The van der Waals surface area contributed by atoms with Gasteiger partial charge in [0, 0.05) is 29.4 Å². The number of halogens is 1. The first-order valence-corrected chi connectivity index (χ1v) is 9.22. The van der Waals surface area contributed by atoms with E-state index < -0.39 is 0 Å². The van der Waals surface area contributed by atoms with Crippen molar-refractivity contribution in [3.05, 3.63) is 34.3 Å². The predicted molar refractivity (Wildman–Crippen MR) is 95.6 cm³/mol. The number of rotatable bonds is 8. The Morgan fingerprint density at radius 1 is 1.04 bits per heavy atom. The lowest BCUT2D eigenvalue weighted by molar-refractivity contribution is -0.121. The van der Waals surface area contributed by atoms with E-state index in [1.807, 2.05) is 12.1 Å². The number of carbonyl (C=O) groups excluding carboxylic acids is 2. The monoisotopic (exact) mass is 380 g/mol. The van der Waals surface area contributed by atoms with E-state index in [4.69, 9.17) is 0 Å². The second kappa shape index (κ2) is 9.83. The van der Waals surface area contributed by atoms with Crippen molar-refractivity contribution in [2.45, 2.75) is 38.5 Å². The zero-order chi connectivity index (χ0) is 16.5. The molecule has 1 aliphatic rings. The van der Waals surface area contributed by atoms with Crippen LogP contribution in [-0.2, 0) is 4.79 Å². The molecular weight excluding hydrogens is 356 g/mol. The van der Waals surface area contributed by atoms with Gasteiger partial charge in [0.15, 0.2) is 5.78 Å². The van der Waals surface area contributed by atoms with Crippen LogP contribution in [0.3, 0.4) is 0 Å². The van der Waals surface area contributed by atoms with Crippen molar-refractivity contribution in [1.29, 1.82) is 0 Å². The summed E-state index contributed by atoms with van der Waals surface area (Å²) in [5, 5.41) is 2.91. The van der Waals surface area contributed by atoms with Gasteiger partial charge >= 0.3 is 0 Å². The van der Waals surface area contributed by atoms with Gasteiger partial charge in [-0.05, 0) is 51.0 Å². The van der Waals surface area contributed by atoms with Crippen LogP contribution in [0.2, 0.25) is 0 Å². The Morgan fingerprint density at radius 3 is 2.43 bits per heavy atom. The van der Waals surface area contributed by atoms with Gasteiger partial charge in [-0.3, -0.25) is 9.59 Å². The smallest absolute Gasteiger partial charge is 0.220 e. The maximum atomic E-state index is 12.0. The molecule has 0 aromatic heterocycles. The first-order chi connectivity index (χ1) is 11.1. The molecule has 0 radical (unpaired) electrons. The van der Waals surface area contributed by atoms with Crippen LogP contribution in [0.15, 0.2) is 28.7 Å². The van der Waals surface area contributed by atoms with Crippen LogP contribution in [0.5, 0.6) is 0 Å². The van der Waals surface area contributed by atoms with E-state index >= 15 is 0 Å². The number of piperidine rings is 1. The molecule has 1 N–H and O–H groups in total. The van der Waals surface area contributed by atoms with Gasteiger partial charge in [-0.1, -0.05) is 34.5 Å². The molecule has 1 aromatic carbocycles. The van der Waals surface area contributed by atoms with E-state index in [2.05, 4.69) is 26.1 Å². The highest BCUT2D eigenvalue weighted by Crippen LogP contribution is 2.12. The predicted octanol–water partition coefficient (Wildman–Crippen LogP) is 3.40. The van der Waals surface area contributed by atoms with E-state index in [9.17, 15) is 9.59 Å². The minimum atomic E-state index is -0.0332. The van der Waals surface area contributed by atoms with Crippen LogP contribution >= 0.6 is 15.9 Å². The van der Waals surface area contributed by atoms with Crippen molar-refractivity contribution in [2.24, 2.45) is 0 Å². The van der Waals surface area contributed by atoms with E-state index in [1.165, 1.54) is 32.4 Å². The fraction of sp³-hybridized carbons (Fsp3) is 0.556. The number of hydrogen-bond donors (Lipinski definition) is 1. The quantitative estimate of drug-likeness (QED) is 0.555. The molecule has 0 bridgehead atoms. The third-order valence-corrected chi connectivity index (χ3v) is 4.70. The molecule has 1 aliphatic heterocycles. The number of nitrogens with one attached hydrogen (secondary N) is 1. The van der Waals surface area contributed by atoms with Gasteiger partial charge in [0.1, 0.15) is 0 Å². The molecule has 2 rings (SSSR count). The first-order valence-electron chi connectivity index (χ1n) is 8.43. The number of ketones is 1. The summed E-state index contributed by atoms with van der Waals surface area (Å²) in [7, 11) is 0. The normalized spacial score (nSPS) is 15.3. The van der Waals surface area contributed by atoms with E-state index in [0.29, 0.717) is 12.1 Å². The zero-order valence-corrected chi connectivity index (χ0v) is 15.1. The Bertz CT molecular complexity index is 510. The number of benzene rings is 1. The summed E-state index contributed by atoms with van der Waals surface area (Å²) in [6, 6.07) is 7.24. The third-order valence-electron chi connectivity index (χ3n) is 4.17. The molecule has 1 saturated heterocycles. The number of likely N-dealkylation sites (tertiary alicyclic amines) is 1. The highest BCUT2D eigenvalue weighted by molar-refractivity contribution is 9.10. The van der Waals surface area contributed by atoms with E-state index in [-0.39, 0.29) is 24.5 Å². The molecule has 1 heterocycles. The van der Waals surface area contributed by atoms with Crippen molar-refractivity contribution < 1.29 is 9.59 Å². The number of carbonyl (C=O) groups is 2. The molecule has 23 heavy (non-hydrogen) atoms. The van der Waals surface area contributed by atoms with Crippen molar-refractivity contribution in [3.8, 4) is 0 Å². The molecule has 1 amide bonds. The Kier molecular flexibility index (Phi) is 7.76. The van der Waals surface area contributed by atoms with Crippen LogP contribution in [0, 0.1) is 0 Å². The molecule has 0 atom stereocenters. The summed E-state index contributed by atoms with van der Waals surface area (Å²) in [6.07, 6.45) is 5.44. The zero-order valence-electron chi connectivity index (χ0n) is 13.5. The summed E-state index contributed by atoms with van der Waals surface area (Å²) >= 11 is 3.34. The molecule has 1 aromatic rings. The lowest BCUT2D eigenvalue weighted by atomic mass is 10.1. The fourth-order valence-electron chi connectivity index (χ4n) is 2.81. The molecule has 5 heteroatoms. The first kappa shape index (κ1) is 18.1. The van der Waals surface area contributed by atoms with Crippen LogP contribution in [0.1, 0.15) is 48.9 Å². The van der Waals surface area contributed by atoms with Gasteiger partial charge in [0.2, 0.25) is 5.91 Å². The molecule has 0 spiro atoms. The molecular formula is C18H25BrN2O2. The second-order valence-electron chi connectivity index (χ2n) is 6.04. The average Bonchev–Trinajstić information content (AvgIpc) is 2.58. The van der Waals surface area contributed by atoms with Crippen LogP contribution in [-0.4, -0.2) is 42.8 Å². The number of nitrogens with zero attached hydrogens (tertiary/aromatic N) is 1. The van der Waals surface area contributed by atoms with Crippen molar-refractivity contribution in [1.82, 2.24) is 10.2 Å². The number of amides is 1. The largest absolute Gasteiger partial charge is 0.356 e. The third kappa shape index (κ3) is 6.83. The Balaban J connectivity index is 1.57. The highest BCUT2D eigenvalue weighted by atomic mass is 79.9. The standard InChI is InChI=1S/C18H25BrN2O2/c19-16-7-5-15(6-8-16)17(22)9-10-18(23)20-11-4-14-21-12-2-1-3-13-21/h5-8H,1-4,9-14H2,(H,20,23). The maximum absolute atomic E-state index is 12.0. The topological polar surface area (TPSA) is 49.4 Å². The van der Waals surface area contributed by atoms with Crippen molar-refractivity contribution in [3.63, 3.8) is 0 Å². The molecule has 0 aliphatic carbocycles. The maximum Gasteiger partial charge on any atom is 0.220 e. The van der Waals surface area contributed by atoms with E-state index in [0.717, 1.165) is 17.4 Å². The van der Waals surface area contributed by atoms with Gasteiger partial charge in [-0.15, -0.1) is 0 Å². The molecule has 1 fully saturated rings. The van der Waals surface area contributed by atoms with Gasteiger partial charge in [0.05, 0.1) is 0 Å². The lowest BCUT2D eigenvalue weighted by Crippen LogP contribution is -2.33. The van der Waals surface area contributed by atoms with Gasteiger partial charge in [0.25, 0.3) is 0 Å². The van der Waals surface area contributed by atoms with E-state index in [1.54, 1.807) is 12.1 Å². The molecule has 4 nitrogen and oxygen atoms in total. The minimum absolute atomic E-state index is 0.0148. The van der Waals surface area contributed by atoms with Crippen LogP contribution in [0.4, 0.5) is 0 Å². The van der Waals surface area contributed by atoms with Crippen molar-refractivity contribution >= 4 is 27.6 Å². The van der Waals surface area contributed by atoms with Gasteiger partial charge < -0.3 is 10.2 Å². The Morgan fingerprint density at radius 2 is 1.74 bits per heavy atom. The SMILES string of the molecule is O=C(CCC(=O)c1ccc(Br)cc1)NCCCN1CCCCC1. The number of Topliss-reactive ketones (excluding diaryl/α,β-unsaturated/α-hetero) is 1. The Hall–Kier alpha value is -1.20. The molecule has 0 saturated carbocycles. The minimum Gasteiger partial charge on any atom is -0.356 e. The van der Waals surface area contributed by atoms with Crippen LogP contribution < -0.4 is 5.32 Å². The van der Waals surface area contributed by atoms with Crippen LogP contribution in [0.25, 0.3) is 0 Å². The average molecular weight is 381 g/mol. The van der Waals surface area contributed by atoms with Gasteiger partial charge in [-0.25, -0.2) is 0 Å². The van der Waals surface area contributed by atoms with Crippen molar-refractivity contribution in [2.75, 3.05) is 26.2 Å². The Labute approximate surface area is 146 Å². The highest BCUT2D eigenvalue weighted by Gasteiger charge is 2.11. The molecule has 0 unspecified atom stereocenters. The summed E-state index contributed by atoms with van der Waals surface area (Å²) in [4.78, 5) is 26.3. The second-order valence-corrected chi connectivity index (χ2v) is 6.95. The summed E-state index contributed by atoms with van der Waals surface area (Å²) in [6.45, 7) is 4.13. The number of hydrogen-bond acceptors (Lipinski definition) is 3. The molecule has 126 valence electrons.